The Morgan fingerprint density at radius 3 is 2.44 bits per heavy atom. The number of hydrogen-bond donors (Lipinski definition) is 2. The van der Waals surface area contributed by atoms with E-state index in [2.05, 4.69) is 35.9 Å². The maximum absolute atomic E-state index is 12.8. The minimum absolute atomic E-state index is 0.0851. The third kappa shape index (κ3) is 3.77. The van der Waals surface area contributed by atoms with Crippen LogP contribution in [0.25, 0.3) is 10.8 Å². The van der Waals surface area contributed by atoms with Gasteiger partial charge in [-0.2, -0.15) is 0 Å². The summed E-state index contributed by atoms with van der Waals surface area (Å²) in [6.07, 6.45) is 2.71. The van der Waals surface area contributed by atoms with E-state index in [1.807, 2.05) is 0 Å². The van der Waals surface area contributed by atoms with Gasteiger partial charge in [0, 0.05) is 23.4 Å². The summed E-state index contributed by atoms with van der Waals surface area (Å²) in [6, 6.07) is 9.95. The number of nitrogens with one attached hydrogen (secondary N) is 2. The second-order valence-electron chi connectivity index (χ2n) is 5.17. The first kappa shape index (κ1) is 17.3. The molecule has 3 rings (SSSR count). The van der Waals surface area contributed by atoms with Gasteiger partial charge in [0.25, 0.3) is 10.0 Å². The molecule has 0 spiro atoms. The molecule has 0 atom stereocenters. The average Bonchev–Trinajstić information content (AvgIpc) is 2.56. The SMILES string of the molecule is CC(=O)Nc1cccc2c(S(=O)(=O)Nc3cnc(Br)cn3)cccc12. The van der Waals surface area contributed by atoms with Crippen molar-refractivity contribution < 1.29 is 13.2 Å². The molecule has 1 heterocycles. The Morgan fingerprint density at radius 2 is 1.76 bits per heavy atom. The molecule has 3 aromatic rings. The molecule has 0 aliphatic carbocycles. The summed E-state index contributed by atoms with van der Waals surface area (Å²) < 4.78 is 28.4. The molecule has 7 nitrogen and oxygen atoms in total. The van der Waals surface area contributed by atoms with Crippen molar-refractivity contribution in [2.75, 3.05) is 10.0 Å². The largest absolute Gasteiger partial charge is 0.326 e. The summed E-state index contributed by atoms with van der Waals surface area (Å²) >= 11 is 3.14. The normalized spacial score (nSPS) is 11.3. The van der Waals surface area contributed by atoms with Crippen LogP contribution in [-0.2, 0) is 14.8 Å². The van der Waals surface area contributed by atoms with Gasteiger partial charge in [0.2, 0.25) is 5.91 Å². The van der Waals surface area contributed by atoms with Crippen LogP contribution in [-0.4, -0.2) is 24.3 Å². The molecule has 2 aromatic carbocycles. The minimum atomic E-state index is -3.88. The highest BCUT2D eigenvalue weighted by molar-refractivity contribution is 9.10. The summed E-state index contributed by atoms with van der Waals surface area (Å²) in [4.78, 5) is 19.3. The Morgan fingerprint density at radius 1 is 1.04 bits per heavy atom. The number of carbonyl (C=O) groups excluding carboxylic acids is 1. The lowest BCUT2D eigenvalue weighted by Gasteiger charge is -2.12. The third-order valence-corrected chi connectivity index (χ3v) is 5.16. The predicted molar refractivity (Wildman–Crippen MR) is 98.8 cm³/mol. The van der Waals surface area contributed by atoms with Crippen molar-refractivity contribution in [3.8, 4) is 0 Å². The van der Waals surface area contributed by atoms with Crippen LogP contribution in [0.4, 0.5) is 11.5 Å². The third-order valence-electron chi connectivity index (χ3n) is 3.34. The summed E-state index contributed by atoms with van der Waals surface area (Å²) in [5.74, 6) is -0.123. The fraction of sp³-hybridized carbons (Fsp3) is 0.0625. The molecular formula is C16H13BrN4O3S. The minimum Gasteiger partial charge on any atom is -0.326 e. The molecule has 0 unspecified atom stereocenters. The van der Waals surface area contributed by atoms with Crippen molar-refractivity contribution in [2.24, 2.45) is 0 Å². The highest BCUT2D eigenvalue weighted by Crippen LogP contribution is 2.29. The van der Waals surface area contributed by atoms with E-state index < -0.39 is 10.0 Å². The molecular weight excluding hydrogens is 408 g/mol. The van der Waals surface area contributed by atoms with Crippen molar-refractivity contribution in [3.05, 3.63) is 53.4 Å². The number of halogens is 1. The highest BCUT2D eigenvalue weighted by atomic mass is 79.9. The van der Waals surface area contributed by atoms with Crippen LogP contribution in [0.2, 0.25) is 0 Å². The number of fused-ring (bicyclic) bond motifs is 1. The first-order valence-electron chi connectivity index (χ1n) is 7.16. The van der Waals surface area contributed by atoms with Gasteiger partial charge < -0.3 is 5.32 Å². The van der Waals surface area contributed by atoms with Gasteiger partial charge in [-0.1, -0.05) is 24.3 Å². The van der Waals surface area contributed by atoms with E-state index in [-0.39, 0.29) is 16.6 Å². The Kier molecular flexibility index (Phi) is 4.69. The van der Waals surface area contributed by atoms with Gasteiger partial charge in [-0.3, -0.25) is 9.52 Å². The van der Waals surface area contributed by atoms with Crippen molar-refractivity contribution in [1.82, 2.24) is 9.97 Å². The van der Waals surface area contributed by atoms with Gasteiger partial charge >= 0.3 is 0 Å². The number of rotatable bonds is 4. The molecule has 2 N–H and O–H groups in total. The Bertz CT molecular complexity index is 1050. The Balaban J connectivity index is 2.08. The predicted octanol–water partition coefficient (Wildman–Crippen LogP) is 3.15. The molecule has 0 saturated carbocycles. The van der Waals surface area contributed by atoms with Crippen LogP contribution in [0, 0.1) is 0 Å². The number of anilines is 2. The first-order valence-corrected chi connectivity index (χ1v) is 9.44. The molecule has 128 valence electrons. The zero-order valence-electron chi connectivity index (χ0n) is 13.0. The van der Waals surface area contributed by atoms with E-state index >= 15 is 0 Å². The van der Waals surface area contributed by atoms with E-state index in [0.717, 1.165) is 0 Å². The summed E-state index contributed by atoms with van der Waals surface area (Å²) in [5.41, 5.74) is 0.547. The van der Waals surface area contributed by atoms with Crippen molar-refractivity contribution in [3.63, 3.8) is 0 Å². The van der Waals surface area contributed by atoms with Crippen LogP contribution in [0.3, 0.4) is 0 Å². The van der Waals surface area contributed by atoms with E-state index in [4.69, 9.17) is 0 Å². The topological polar surface area (TPSA) is 101 Å². The molecule has 0 radical (unpaired) electrons. The van der Waals surface area contributed by atoms with Gasteiger partial charge in [-0.15, -0.1) is 0 Å². The van der Waals surface area contributed by atoms with E-state index in [9.17, 15) is 13.2 Å². The second kappa shape index (κ2) is 6.77. The zero-order valence-corrected chi connectivity index (χ0v) is 15.4. The number of hydrogen-bond acceptors (Lipinski definition) is 5. The number of aromatic nitrogens is 2. The van der Waals surface area contributed by atoms with Crippen LogP contribution in [0.15, 0.2) is 58.3 Å². The fourth-order valence-electron chi connectivity index (χ4n) is 2.37. The zero-order chi connectivity index (χ0) is 18.0. The molecule has 9 heteroatoms. The van der Waals surface area contributed by atoms with Gasteiger partial charge in [-0.25, -0.2) is 18.4 Å². The van der Waals surface area contributed by atoms with E-state index in [0.29, 0.717) is 21.1 Å². The van der Waals surface area contributed by atoms with Crippen molar-refractivity contribution in [2.45, 2.75) is 11.8 Å². The van der Waals surface area contributed by atoms with Gasteiger partial charge in [0.15, 0.2) is 5.82 Å². The standard InChI is InChI=1S/C16H13BrN4O3S/c1-10(22)20-13-6-2-5-12-11(13)4-3-7-14(12)25(23,24)21-16-9-18-15(17)8-19-16/h2-9H,1H3,(H,19,21)(H,20,22). The number of benzene rings is 2. The molecule has 0 saturated heterocycles. The van der Waals surface area contributed by atoms with Crippen LogP contribution in [0.1, 0.15) is 6.92 Å². The average molecular weight is 421 g/mol. The number of carbonyl (C=O) groups is 1. The Hall–Kier alpha value is -2.52. The summed E-state index contributed by atoms with van der Waals surface area (Å²) in [7, 11) is -3.88. The van der Waals surface area contributed by atoms with Crippen molar-refractivity contribution in [1.29, 1.82) is 0 Å². The molecule has 1 aromatic heterocycles. The smallest absolute Gasteiger partial charge is 0.263 e. The lowest BCUT2D eigenvalue weighted by atomic mass is 10.1. The lowest BCUT2D eigenvalue weighted by Crippen LogP contribution is -2.14. The quantitative estimate of drug-likeness (QED) is 0.674. The summed E-state index contributed by atoms with van der Waals surface area (Å²) in [5, 5.41) is 3.82. The second-order valence-corrected chi connectivity index (χ2v) is 7.63. The monoisotopic (exact) mass is 420 g/mol. The lowest BCUT2D eigenvalue weighted by molar-refractivity contribution is -0.114. The maximum atomic E-state index is 12.8. The van der Waals surface area contributed by atoms with Crippen LogP contribution < -0.4 is 10.0 Å². The molecule has 0 aliphatic rings. The van der Waals surface area contributed by atoms with Gasteiger partial charge in [-0.05, 0) is 28.1 Å². The van der Waals surface area contributed by atoms with Gasteiger partial charge in [0.1, 0.15) is 4.60 Å². The number of amides is 1. The Labute approximate surface area is 152 Å². The van der Waals surface area contributed by atoms with E-state index in [1.165, 1.54) is 25.4 Å². The fourth-order valence-corrected chi connectivity index (χ4v) is 3.79. The molecule has 25 heavy (non-hydrogen) atoms. The number of sulfonamides is 1. The maximum Gasteiger partial charge on any atom is 0.263 e. The molecule has 0 aliphatic heterocycles. The van der Waals surface area contributed by atoms with Crippen molar-refractivity contribution >= 4 is 54.1 Å². The first-order chi connectivity index (χ1) is 11.9. The van der Waals surface area contributed by atoms with Gasteiger partial charge in [0.05, 0.1) is 17.3 Å². The van der Waals surface area contributed by atoms with Crippen LogP contribution >= 0.6 is 15.9 Å². The van der Waals surface area contributed by atoms with E-state index in [1.54, 1.807) is 30.3 Å². The molecule has 0 bridgehead atoms. The highest BCUT2D eigenvalue weighted by Gasteiger charge is 2.19. The molecule has 1 amide bonds. The van der Waals surface area contributed by atoms with Crippen LogP contribution in [0.5, 0.6) is 0 Å². The molecule has 0 fully saturated rings. The number of nitrogens with zero attached hydrogens (tertiary/aromatic N) is 2. The summed E-state index contributed by atoms with van der Waals surface area (Å²) in [6.45, 7) is 1.40.